The van der Waals surface area contributed by atoms with Crippen molar-refractivity contribution in [3.05, 3.63) is 54.5 Å². The molecule has 1 unspecified atom stereocenters. The van der Waals surface area contributed by atoms with E-state index in [0.717, 1.165) is 0 Å². The Morgan fingerprint density at radius 1 is 1.06 bits per heavy atom. The maximum atomic E-state index is 14.3. The van der Waals surface area contributed by atoms with Gasteiger partial charge in [0.15, 0.2) is 0 Å². The fourth-order valence-corrected chi connectivity index (χ4v) is 4.45. The fourth-order valence-electron chi connectivity index (χ4n) is 4.45. The van der Waals surface area contributed by atoms with Crippen LogP contribution >= 0.6 is 0 Å². The van der Waals surface area contributed by atoms with Crippen molar-refractivity contribution in [3.8, 4) is 5.69 Å². The molecule has 0 saturated carbocycles. The Morgan fingerprint density at radius 2 is 1.88 bits per heavy atom. The van der Waals surface area contributed by atoms with Crippen LogP contribution < -0.4 is 4.90 Å². The minimum atomic E-state index is -0.998. The van der Waals surface area contributed by atoms with Crippen molar-refractivity contribution in [3.63, 3.8) is 0 Å². The van der Waals surface area contributed by atoms with E-state index in [1.54, 1.807) is 35.4 Å². The lowest BCUT2D eigenvalue weighted by atomic mass is 10.1. The number of nitrogens with zero attached hydrogens (tertiary/aromatic N) is 5. The summed E-state index contributed by atoms with van der Waals surface area (Å²) in [6.07, 6.45) is 1.74. The summed E-state index contributed by atoms with van der Waals surface area (Å²) in [5, 5.41) is 5.06. The van der Waals surface area contributed by atoms with E-state index >= 15 is 0 Å². The van der Waals surface area contributed by atoms with Crippen LogP contribution in [0, 0.1) is 5.82 Å². The number of aromatic nitrogens is 2. The summed E-state index contributed by atoms with van der Waals surface area (Å²) in [6.45, 7) is 1.38. The Hall–Kier alpha value is -3.49. The van der Waals surface area contributed by atoms with E-state index in [0.29, 0.717) is 54.8 Å². The summed E-state index contributed by atoms with van der Waals surface area (Å²) < 4.78 is 29.5. The number of carbonyl (C=O) groups is 2. The molecule has 0 N–H and O–H groups in total. The number of carbonyl (C=O) groups excluding carboxylic acids is 2. The molecule has 2 aromatic carbocycles. The average Bonchev–Trinajstić information content (AvgIpc) is 3.38. The molecule has 166 valence electrons. The predicted molar refractivity (Wildman–Crippen MR) is 116 cm³/mol. The standard InChI is InChI=1S/C23H23F2N5O2/c24-16-5-4-10-27(14-16)22(31)15-28-11-12-29(23(28)32)19-8-3-9-20-17(19)13-26-30(20)21-7-2-1-6-18(21)25/h1-3,6-9,13,16H,4-5,10-12,14-15H2. The molecule has 2 saturated heterocycles. The zero-order chi connectivity index (χ0) is 22.2. The van der Waals surface area contributed by atoms with Gasteiger partial charge in [-0.25, -0.2) is 18.3 Å². The van der Waals surface area contributed by atoms with Crippen molar-refractivity contribution in [2.75, 3.05) is 37.6 Å². The Balaban J connectivity index is 1.38. The van der Waals surface area contributed by atoms with Gasteiger partial charge in [0.05, 0.1) is 23.9 Å². The molecule has 5 rings (SSSR count). The largest absolute Gasteiger partial charge is 0.338 e. The molecule has 2 aliphatic rings. The number of rotatable bonds is 4. The highest BCUT2D eigenvalue weighted by Gasteiger charge is 2.34. The van der Waals surface area contributed by atoms with Crippen LogP contribution in [0.25, 0.3) is 16.6 Å². The van der Waals surface area contributed by atoms with Gasteiger partial charge >= 0.3 is 6.03 Å². The molecule has 0 aliphatic carbocycles. The topological polar surface area (TPSA) is 61.7 Å². The summed E-state index contributed by atoms with van der Waals surface area (Å²) in [5.74, 6) is -0.619. The molecule has 3 heterocycles. The first kappa shape index (κ1) is 20.4. The van der Waals surface area contributed by atoms with Gasteiger partial charge in [-0.05, 0) is 37.1 Å². The lowest BCUT2D eigenvalue weighted by molar-refractivity contribution is -0.133. The quantitative estimate of drug-likeness (QED) is 0.626. The van der Waals surface area contributed by atoms with E-state index < -0.39 is 12.0 Å². The monoisotopic (exact) mass is 439 g/mol. The number of para-hydroxylation sites is 1. The fraction of sp³-hybridized carbons (Fsp3) is 0.348. The van der Waals surface area contributed by atoms with Gasteiger partial charge in [-0.1, -0.05) is 18.2 Å². The zero-order valence-corrected chi connectivity index (χ0v) is 17.5. The SMILES string of the molecule is O=C(CN1CCN(c2cccc3c2cnn3-c2ccccc2F)C1=O)N1CCCC(F)C1. The van der Waals surface area contributed by atoms with Gasteiger partial charge in [0.2, 0.25) is 5.91 Å². The summed E-state index contributed by atoms with van der Waals surface area (Å²) >= 11 is 0. The Bertz CT molecular complexity index is 1180. The van der Waals surface area contributed by atoms with E-state index in [2.05, 4.69) is 5.10 Å². The van der Waals surface area contributed by atoms with Crippen molar-refractivity contribution < 1.29 is 18.4 Å². The zero-order valence-electron chi connectivity index (χ0n) is 17.5. The number of likely N-dealkylation sites (tertiary alicyclic amines) is 1. The van der Waals surface area contributed by atoms with Crippen molar-refractivity contribution in [2.45, 2.75) is 19.0 Å². The van der Waals surface area contributed by atoms with Crippen LogP contribution in [0.15, 0.2) is 48.7 Å². The third kappa shape index (κ3) is 3.57. The molecule has 3 amide bonds. The average molecular weight is 439 g/mol. The summed E-state index contributed by atoms with van der Waals surface area (Å²) in [7, 11) is 0. The van der Waals surface area contributed by atoms with Gasteiger partial charge < -0.3 is 9.80 Å². The van der Waals surface area contributed by atoms with Crippen molar-refractivity contribution in [1.82, 2.24) is 19.6 Å². The molecular formula is C23H23F2N5O2. The lowest BCUT2D eigenvalue weighted by Gasteiger charge is -2.30. The van der Waals surface area contributed by atoms with Crippen LogP contribution in [0.1, 0.15) is 12.8 Å². The molecule has 7 nitrogen and oxygen atoms in total. The minimum Gasteiger partial charge on any atom is -0.338 e. The summed E-state index contributed by atoms with van der Waals surface area (Å²) in [6, 6.07) is 11.5. The van der Waals surface area contributed by atoms with Gasteiger partial charge in [-0.15, -0.1) is 0 Å². The molecule has 0 bridgehead atoms. The number of hydrogen-bond donors (Lipinski definition) is 0. The molecule has 3 aromatic rings. The van der Waals surface area contributed by atoms with Gasteiger partial charge in [-0.2, -0.15) is 5.10 Å². The molecule has 1 atom stereocenters. The third-order valence-electron chi connectivity index (χ3n) is 6.10. The first-order valence-electron chi connectivity index (χ1n) is 10.7. The van der Waals surface area contributed by atoms with Gasteiger partial charge in [0, 0.05) is 25.0 Å². The molecule has 2 aliphatic heterocycles. The van der Waals surface area contributed by atoms with Crippen LogP contribution in [0.3, 0.4) is 0 Å². The molecule has 1 aromatic heterocycles. The van der Waals surface area contributed by atoms with Crippen molar-refractivity contribution in [1.29, 1.82) is 0 Å². The smallest absolute Gasteiger partial charge is 0.325 e. The van der Waals surface area contributed by atoms with Gasteiger partial charge in [0.25, 0.3) is 0 Å². The van der Waals surface area contributed by atoms with Gasteiger partial charge in [0.1, 0.15) is 24.2 Å². The Morgan fingerprint density at radius 3 is 2.69 bits per heavy atom. The molecule has 0 radical (unpaired) electrons. The van der Waals surface area contributed by atoms with Crippen LogP contribution in [-0.2, 0) is 4.79 Å². The van der Waals surface area contributed by atoms with Crippen LogP contribution in [0.2, 0.25) is 0 Å². The van der Waals surface area contributed by atoms with Crippen molar-refractivity contribution in [2.24, 2.45) is 0 Å². The maximum Gasteiger partial charge on any atom is 0.325 e. The normalized spacial score (nSPS) is 19.2. The number of alkyl halides is 1. The number of urea groups is 1. The number of fused-ring (bicyclic) bond motifs is 1. The van der Waals surface area contributed by atoms with E-state index in [9.17, 15) is 18.4 Å². The summed E-state index contributed by atoms with van der Waals surface area (Å²) in [4.78, 5) is 30.3. The maximum absolute atomic E-state index is 14.3. The van der Waals surface area contributed by atoms with E-state index in [1.807, 2.05) is 12.1 Å². The minimum absolute atomic E-state index is 0.0630. The van der Waals surface area contributed by atoms with Crippen LogP contribution in [0.5, 0.6) is 0 Å². The first-order chi connectivity index (χ1) is 15.5. The summed E-state index contributed by atoms with van der Waals surface area (Å²) in [5.41, 5.74) is 1.66. The Labute approximate surface area is 183 Å². The number of anilines is 1. The lowest BCUT2D eigenvalue weighted by Crippen LogP contribution is -2.46. The number of amides is 3. The number of halogens is 2. The second kappa shape index (κ2) is 8.22. The van der Waals surface area contributed by atoms with Crippen LogP contribution in [0.4, 0.5) is 19.3 Å². The highest BCUT2D eigenvalue weighted by Crippen LogP contribution is 2.31. The highest BCUT2D eigenvalue weighted by atomic mass is 19.1. The number of hydrogen-bond acceptors (Lipinski definition) is 3. The molecular weight excluding hydrogens is 416 g/mol. The third-order valence-corrected chi connectivity index (χ3v) is 6.10. The van der Waals surface area contributed by atoms with Crippen molar-refractivity contribution >= 4 is 28.5 Å². The number of piperidine rings is 1. The van der Waals surface area contributed by atoms with E-state index in [1.165, 1.54) is 20.5 Å². The molecule has 2 fully saturated rings. The first-order valence-corrected chi connectivity index (χ1v) is 10.7. The van der Waals surface area contributed by atoms with E-state index in [4.69, 9.17) is 0 Å². The predicted octanol–water partition coefficient (Wildman–Crippen LogP) is 3.37. The number of benzene rings is 2. The Kier molecular flexibility index (Phi) is 5.24. The van der Waals surface area contributed by atoms with E-state index in [-0.39, 0.29) is 25.0 Å². The second-order valence-corrected chi connectivity index (χ2v) is 8.15. The highest BCUT2D eigenvalue weighted by molar-refractivity contribution is 6.04. The van der Waals surface area contributed by atoms with Crippen LogP contribution in [-0.4, -0.2) is 70.4 Å². The molecule has 0 spiro atoms. The molecule has 9 heteroatoms. The molecule has 32 heavy (non-hydrogen) atoms. The second-order valence-electron chi connectivity index (χ2n) is 8.15. The van der Waals surface area contributed by atoms with Gasteiger partial charge in [-0.3, -0.25) is 9.69 Å².